The van der Waals surface area contributed by atoms with E-state index in [1.54, 1.807) is 17.9 Å². The minimum Gasteiger partial charge on any atom is -0.477 e. The molecule has 6 rings (SSSR count). The summed E-state index contributed by atoms with van der Waals surface area (Å²) in [6.45, 7) is 11.0. The van der Waals surface area contributed by atoms with Crippen molar-refractivity contribution in [2.45, 2.75) is 31.6 Å². The van der Waals surface area contributed by atoms with Crippen molar-refractivity contribution in [2.75, 3.05) is 73.1 Å². The highest BCUT2D eigenvalue weighted by atomic mass is 32.2. The SMILES string of the molecule is CCCc1c2nc(-c3cc(S(=O)(=O)N4CCN(C)CC4)cnc3OCC)n(C)c(=O)c2nn1-c1ccccn1.CN1CCNCC1. The van der Waals surface area contributed by atoms with Gasteiger partial charge in [0.05, 0.1) is 24.1 Å². The summed E-state index contributed by atoms with van der Waals surface area (Å²) in [5.74, 6) is 1.03. The van der Waals surface area contributed by atoms with E-state index in [4.69, 9.17) is 9.72 Å². The molecule has 46 heavy (non-hydrogen) atoms. The van der Waals surface area contributed by atoms with Gasteiger partial charge in [-0.2, -0.15) is 9.40 Å². The summed E-state index contributed by atoms with van der Waals surface area (Å²) in [7, 11) is 1.89. The molecule has 0 amide bonds. The van der Waals surface area contributed by atoms with Gasteiger partial charge in [-0.1, -0.05) is 19.4 Å². The fourth-order valence-electron chi connectivity index (χ4n) is 5.45. The van der Waals surface area contributed by atoms with Crippen molar-refractivity contribution >= 4 is 21.1 Å². The Hall–Kier alpha value is -3.76. The third-order valence-electron chi connectivity index (χ3n) is 8.14. The second-order valence-corrected chi connectivity index (χ2v) is 13.4. The van der Waals surface area contributed by atoms with E-state index < -0.39 is 10.0 Å². The van der Waals surface area contributed by atoms with Crippen LogP contribution in [0.15, 0.2) is 46.3 Å². The van der Waals surface area contributed by atoms with Crippen molar-refractivity contribution in [2.24, 2.45) is 7.05 Å². The van der Waals surface area contributed by atoms with Crippen molar-refractivity contribution in [3.63, 3.8) is 0 Å². The van der Waals surface area contributed by atoms with Gasteiger partial charge < -0.3 is 19.9 Å². The van der Waals surface area contributed by atoms with Gasteiger partial charge in [0.25, 0.3) is 5.56 Å². The Morgan fingerprint density at radius 2 is 1.65 bits per heavy atom. The number of ether oxygens (including phenoxy) is 1. The molecule has 14 nitrogen and oxygen atoms in total. The Kier molecular flexibility index (Phi) is 10.8. The van der Waals surface area contributed by atoms with E-state index in [2.05, 4.69) is 37.2 Å². The molecular formula is C31H44N10O4S. The van der Waals surface area contributed by atoms with Crippen LogP contribution in [0.2, 0.25) is 0 Å². The lowest BCUT2D eigenvalue weighted by Gasteiger charge is -2.31. The topological polar surface area (TPSA) is 144 Å². The van der Waals surface area contributed by atoms with Gasteiger partial charge in [-0.25, -0.2) is 28.1 Å². The maximum Gasteiger partial charge on any atom is 0.281 e. The molecule has 0 aromatic carbocycles. The predicted octanol–water partition coefficient (Wildman–Crippen LogP) is 1.38. The second kappa shape index (κ2) is 14.8. The lowest BCUT2D eigenvalue weighted by atomic mass is 10.2. The monoisotopic (exact) mass is 652 g/mol. The first-order valence-corrected chi connectivity index (χ1v) is 17.2. The average Bonchev–Trinajstić information content (AvgIpc) is 3.43. The van der Waals surface area contributed by atoms with Crippen LogP contribution in [-0.2, 0) is 23.5 Å². The Labute approximate surface area is 270 Å². The quantitative estimate of drug-likeness (QED) is 0.295. The number of sulfonamides is 1. The molecule has 4 aromatic heterocycles. The summed E-state index contributed by atoms with van der Waals surface area (Å²) < 4.78 is 37.3. The number of likely N-dealkylation sites (N-methyl/N-ethyl adjacent to an activating group) is 2. The van der Waals surface area contributed by atoms with Crippen LogP contribution in [-0.4, -0.2) is 125 Å². The molecule has 2 fully saturated rings. The van der Waals surface area contributed by atoms with E-state index in [0.29, 0.717) is 56.1 Å². The molecule has 2 aliphatic rings. The lowest BCUT2D eigenvalue weighted by molar-refractivity contribution is 0.222. The molecule has 1 N–H and O–H groups in total. The van der Waals surface area contributed by atoms with E-state index in [0.717, 1.165) is 25.2 Å². The largest absolute Gasteiger partial charge is 0.477 e. The van der Waals surface area contributed by atoms with E-state index in [9.17, 15) is 13.2 Å². The maximum atomic E-state index is 13.6. The van der Waals surface area contributed by atoms with Crippen LogP contribution >= 0.6 is 0 Å². The number of hydrogen-bond acceptors (Lipinski definition) is 11. The Bertz CT molecular complexity index is 1800. The first kappa shape index (κ1) is 33.6. The van der Waals surface area contributed by atoms with Crippen LogP contribution in [0.25, 0.3) is 28.2 Å². The molecule has 0 atom stereocenters. The lowest BCUT2D eigenvalue weighted by Crippen LogP contribution is -2.47. The van der Waals surface area contributed by atoms with Crippen LogP contribution in [0.1, 0.15) is 26.0 Å². The van der Waals surface area contributed by atoms with E-state index >= 15 is 0 Å². The highest BCUT2D eigenvalue weighted by Crippen LogP contribution is 2.31. The van der Waals surface area contributed by atoms with Gasteiger partial charge in [-0.3, -0.25) is 9.36 Å². The highest BCUT2D eigenvalue weighted by molar-refractivity contribution is 7.89. The van der Waals surface area contributed by atoms with Gasteiger partial charge in [0.2, 0.25) is 15.9 Å². The fraction of sp³-hybridized carbons (Fsp3) is 0.516. The minimum absolute atomic E-state index is 0.0258. The number of nitrogens with zero attached hydrogens (tertiary/aromatic N) is 9. The van der Waals surface area contributed by atoms with E-state index in [1.165, 1.54) is 34.2 Å². The zero-order valence-electron chi connectivity index (χ0n) is 27.3. The van der Waals surface area contributed by atoms with Crippen LogP contribution in [0, 0.1) is 0 Å². The van der Waals surface area contributed by atoms with Crippen LogP contribution in [0.3, 0.4) is 0 Å². The van der Waals surface area contributed by atoms with Crippen molar-refractivity contribution in [3.05, 3.63) is 52.7 Å². The normalized spacial score (nSPS) is 16.7. The second-order valence-electron chi connectivity index (χ2n) is 11.5. The number of rotatable bonds is 8. The molecule has 15 heteroatoms. The van der Waals surface area contributed by atoms with Crippen molar-refractivity contribution in [3.8, 4) is 23.1 Å². The Morgan fingerprint density at radius 3 is 2.26 bits per heavy atom. The fourth-order valence-corrected chi connectivity index (χ4v) is 6.85. The number of nitrogens with one attached hydrogen (secondary N) is 1. The molecule has 248 valence electrons. The van der Waals surface area contributed by atoms with Crippen molar-refractivity contribution in [1.82, 2.24) is 48.7 Å². The predicted molar refractivity (Wildman–Crippen MR) is 177 cm³/mol. The number of aromatic nitrogens is 6. The Morgan fingerprint density at radius 1 is 0.935 bits per heavy atom. The number of hydrogen-bond donors (Lipinski definition) is 1. The van der Waals surface area contributed by atoms with Crippen molar-refractivity contribution < 1.29 is 13.2 Å². The first-order chi connectivity index (χ1) is 22.1. The first-order valence-electron chi connectivity index (χ1n) is 15.8. The molecule has 0 unspecified atom stereocenters. The third-order valence-corrected chi connectivity index (χ3v) is 10.0. The molecule has 0 saturated carbocycles. The highest BCUT2D eigenvalue weighted by Gasteiger charge is 2.30. The van der Waals surface area contributed by atoms with Gasteiger partial charge in [0.1, 0.15) is 16.2 Å². The van der Waals surface area contributed by atoms with Crippen LogP contribution in [0.5, 0.6) is 5.88 Å². The average molecular weight is 653 g/mol. The zero-order valence-corrected chi connectivity index (χ0v) is 28.1. The van der Waals surface area contributed by atoms with Gasteiger partial charge in [0.15, 0.2) is 11.3 Å². The van der Waals surface area contributed by atoms with Crippen LogP contribution in [0.4, 0.5) is 0 Å². The number of fused-ring (bicyclic) bond motifs is 1. The standard InChI is InChI=1S/C26H32N8O4S.C5H12N2/c1-5-9-20-22-23(30-34(20)21-10-7-8-11-27-21)26(35)32(4)24(29-22)19-16-18(17-28-25(19)38-6-2)39(36,37)33-14-12-31(3)13-15-33;1-7-4-2-6-3-5-7/h7-8,10-11,16-17H,5-6,9,12-15H2,1-4H3;6H,2-5H2,1H3. The number of pyridine rings is 2. The smallest absolute Gasteiger partial charge is 0.281 e. The number of aryl methyl sites for hydroxylation is 1. The van der Waals surface area contributed by atoms with E-state index in [-0.39, 0.29) is 27.7 Å². The molecule has 0 radical (unpaired) electrons. The summed E-state index contributed by atoms with van der Waals surface area (Å²) >= 11 is 0. The summed E-state index contributed by atoms with van der Waals surface area (Å²) in [5.41, 5.74) is 1.36. The van der Waals surface area contributed by atoms with Gasteiger partial charge in [-0.15, -0.1) is 0 Å². The number of piperazine rings is 2. The molecular weight excluding hydrogens is 608 g/mol. The zero-order chi connectivity index (χ0) is 32.8. The molecule has 2 aliphatic heterocycles. The summed E-state index contributed by atoms with van der Waals surface area (Å²) in [5, 5.41) is 7.86. The molecule has 4 aromatic rings. The molecule has 2 saturated heterocycles. The minimum atomic E-state index is -3.81. The molecule has 6 heterocycles. The maximum absolute atomic E-state index is 13.6. The third kappa shape index (κ3) is 7.13. The van der Waals surface area contributed by atoms with E-state index in [1.807, 2.05) is 39.1 Å². The summed E-state index contributed by atoms with van der Waals surface area (Å²) in [6.07, 6.45) is 4.38. The van der Waals surface area contributed by atoms with Crippen LogP contribution < -0.4 is 15.6 Å². The summed E-state index contributed by atoms with van der Waals surface area (Å²) in [6, 6.07) is 6.99. The Balaban J connectivity index is 0.000000527. The molecule has 0 bridgehead atoms. The van der Waals surface area contributed by atoms with Gasteiger partial charge in [-0.05, 0) is 45.6 Å². The van der Waals surface area contributed by atoms with Crippen molar-refractivity contribution in [1.29, 1.82) is 0 Å². The van der Waals surface area contributed by atoms with Gasteiger partial charge in [0, 0.05) is 65.6 Å². The summed E-state index contributed by atoms with van der Waals surface area (Å²) in [4.78, 5) is 31.7. The molecule has 0 aliphatic carbocycles. The van der Waals surface area contributed by atoms with Gasteiger partial charge >= 0.3 is 0 Å². The molecule has 0 spiro atoms.